The number of fused-ring (bicyclic) bond motifs is 1. The lowest BCUT2D eigenvalue weighted by Gasteiger charge is -2.35. The number of benzene rings is 1. The number of piperazine rings is 1. The van der Waals surface area contributed by atoms with Crippen LogP contribution in [0, 0.1) is 0 Å². The minimum atomic E-state index is 0.198. The fourth-order valence-corrected chi connectivity index (χ4v) is 4.44. The van der Waals surface area contributed by atoms with Crippen molar-refractivity contribution in [3.05, 3.63) is 58.9 Å². The molecule has 1 atom stereocenters. The second-order valence-electron chi connectivity index (χ2n) is 8.90. The summed E-state index contributed by atoms with van der Waals surface area (Å²) in [6.45, 7) is 17.4. The van der Waals surface area contributed by atoms with E-state index < -0.39 is 0 Å². The molecule has 4 N–H and O–H groups in total. The van der Waals surface area contributed by atoms with Crippen LogP contribution in [0.1, 0.15) is 52.2 Å². The van der Waals surface area contributed by atoms with Crippen LogP contribution in [-0.2, 0) is 6.42 Å². The molecule has 0 aromatic heterocycles. The predicted octanol–water partition coefficient (Wildman–Crippen LogP) is 4.25. The van der Waals surface area contributed by atoms with Crippen LogP contribution < -0.4 is 21.3 Å². The zero-order chi connectivity index (χ0) is 25.6. The number of rotatable bonds is 8. The van der Waals surface area contributed by atoms with Crippen LogP contribution >= 0.6 is 0 Å². The molecular weight excluding hydrogens is 432 g/mol. The molecule has 196 valence electrons. The molecule has 0 radical (unpaired) electrons. The van der Waals surface area contributed by atoms with E-state index in [1.807, 2.05) is 27.7 Å². The van der Waals surface area contributed by atoms with Crippen LogP contribution in [0.4, 0.5) is 5.69 Å². The summed E-state index contributed by atoms with van der Waals surface area (Å²) in [5, 5.41) is 14.6. The van der Waals surface area contributed by atoms with Gasteiger partial charge in [0, 0.05) is 56.2 Å². The van der Waals surface area contributed by atoms with Crippen molar-refractivity contribution in [2.75, 3.05) is 65.2 Å². The Bertz CT molecular complexity index is 849. The van der Waals surface area contributed by atoms with E-state index in [2.05, 4.69) is 88.5 Å². The van der Waals surface area contributed by atoms with Gasteiger partial charge in [0.25, 0.3) is 0 Å². The number of hydrogen-bond donors (Lipinski definition) is 4. The van der Waals surface area contributed by atoms with Crippen LogP contribution in [0.25, 0.3) is 5.70 Å². The second kappa shape index (κ2) is 15.5. The lowest BCUT2D eigenvalue weighted by molar-refractivity contribution is 0.281. The lowest BCUT2D eigenvalue weighted by atomic mass is 9.94. The Morgan fingerprint density at radius 3 is 2.43 bits per heavy atom. The molecule has 0 amide bonds. The first-order chi connectivity index (χ1) is 17.1. The predicted molar refractivity (Wildman–Crippen MR) is 154 cm³/mol. The number of nitrogens with zero attached hydrogens (tertiary/aromatic N) is 2. The lowest BCUT2D eigenvalue weighted by Crippen LogP contribution is -2.47. The van der Waals surface area contributed by atoms with Gasteiger partial charge in [-0.15, -0.1) is 0 Å². The van der Waals surface area contributed by atoms with E-state index in [4.69, 9.17) is 0 Å². The smallest absolute Gasteiger partial charge is 0.102 e. The normalized spacial score (nSPS) is 18.8. The second-order valence-corrected chi connectivity index (χ2v) is 8.90. The van der Waals surface area contributed by atoms with Gasteiger partial charge in [0.05, 0.1) is 6.04 Å². The van der Waals surface area contributed by atoms with Gasteiger partial charge < -0.3 is 31.1 Å². The maximum Gasteiger partial charge on any atom is 0.102 e. The molecular formula is C29H50N6. The summed E-state index contributed by atoms with van der Waals surface area (Å²) < 4.78 is 0. The Balaban J connectivity index is 0.00000103. The van der Waals surface area contributed by atoms with Crippen LogP contribution in [0.15, 0.2) is 47.8 Å². The molecule has 0 bridgehead atoms. The molecule has 3 heterocycles. The summed E-state index contributed by atoms with van der Waals surface area (Å²) >= 11 is 0. The average molecular weight is 483 g/mol. The summed E-state index contributed by atoms with van der Waals surface area (Å²) in [5.41, 5.74) is 6.51. The molecule has 1 aromatic carbocycles. The first-order valence-electron chi connectivity index (χ1n) is 13.7. The Morgan fingerprint density at radius 1 is 1.06 bits per heavy atom. The molecule has 1 unspecified atom stereocenters. The van der Waals surface area contributed by atoms with Crippen molar-refractivity contribution in [1.29, 1.82) is 0 Å². The molecule has 0 aliphatic carbocycles. The van der Waals surface area contributed by atoms with Crippen molar-refractivity contribution in [3.8, 4) is 0 Å². The number of aryl methyl sites for hydroxylation is 1. The number of allylic oxidation sites excluding steroid dienone is 2. The van der Waals surface area contributed by atoms with E-state index >= 15 is 0 Å². The highest BCUT2D eigenvalue weighted by Crippen LogP contribution is 2.32. The van der Waals surface area contributed by atoms with E-state index in [0.29, 0.717) is 0 Å². The van der Waals surface area contributed by atoms with E-state index in [9.17, 15) is 0 Å². The Labute approximate surface area is 214 Å². The van der Waals surface area contributed by atoms with Crippen molar-refractivity contribution in [2.45, 2.75) is 53.5 Å². The number of dihydropyridines is 1. The van der Waals surface area contributed by atoms with Crippen molar-refractivity contribution < 1.29 is 0 Å². The van der Waals surface area contributed by atoms with Crippen molar-refractivity contribution in [3.63, 3.8) is 0 Å². The van der Waals surface area contributed by atoms with Gasteiger partial charge >= 0.3 is 0 Å². The van der Waals surface area contributed by atoms with E-state index in [-0.39, 0.29) is 6.04 Å². The molecule has 3 aliphatic heterocycles. The largest absolute Gasteiger partial charge is 0.385 e. The quantitative estimate of drug-likeness (QED) is 0.416. The fourth-order valence-electron chi connectivity index (χ4n) is 4.44. The van der Waals surface area contributed by atoms with Gasteiger partial charge in [-0.05, 0) is 62.8 Å². The van der Waals surface area contributed by atoms with Gasteiger partial charge in [-0.1, -0.05) is 52.8 Å². The monoisotopic (exact) mass is 482 g/mol. The van der Waals surface area contributed by atoms with Crippen LogP contribution in [0.3, 0.4) is 0 Å². The zero-order valence-electron chi connectivity index (χ0n) is 23.3. The van der Waals surface area contributed by atoms with Gasteiger partial charge in [-0.2, -0.15) is 0 Å². The Kier molecular flexibility index (Phi) is 12.8. The number of nitrogens with one attached hydrogen (secondary N) is 4. The molecule has 6 heteroatoms. The highest BCUT2D eigenvalue weighted by molar-refractivity contribution is 5.80. The molecule has 0 spiro atoms. The first kappa shape index (κ1) is 28.8. The van der Waals surface area contributed by atoms with Gasteiger partial charge in [-0.3, -0.25) is 0 Å². The molecule has 0 saturated carbocycles. The topological polar surface area (TPSA) is 54.6 Å². The average Bonchev–Trinajstić information content (AvgIpc) is 2.93. The maximum absolute atomic E-state index is 3.79. The highest BCUT2D eigenvalue weighted by Gasteiger charge is 2.24. The van der Waals surface area contributed by atoms with E-state index in [1.54, 1.807) is 0 Å². The summed E-state index contributed by atoms with van der Waals surface area (Å²) in [4.78, 5) is 4.68. The minimum absolute atomic E-state index is 0.198. The van der Waals surface area contributed by atoms with Crippen LogP contribution in [0.5, 0.6) is 0 Å². The zero-order valence-corrected chi connectivity index (χ0v) is 23.3. The van der Waals surface area contributed by atoms with Gasteiger partial charge in [0.15, 0.2) is 0 Å². The third-order valence-corrected chi connectivity index (χ3v) is 6.31. The molecule has 1 aromatic rings. The van der Waals surface area contributed by atoms with Crippen molar-refractivity contribution in [2.24, 2.45) is 0 Å². The third kappa shape index (κ3) is 8.32. The molecule has 1 fully saturated rings. The molecule has 6 nitrogen and oxygen atoms in total. The SMILES string of the molecule is CC.CC.CCc1ccc2c(c1)NC(C1=CC=C(N3CCNCC3)NC1)C=C2NCCCN(C)C. The third-order valence-electron chi connectivity index (χ3n) is 6.31. The summed E-state index contributed by atoms with van der Waals surface area (Å²) in [6, 6.07) is 7.03. The summed E-state index contributed by atoms with van der Waals surface area (Å²) in [7, 11) is 4.26. The summed E-state index contributed by atoms with van der Waals surface area (Å²) in [6.07, 6.45) is 9.10. The maximum atomic E-state index is 3.79. The van der Waals surface area contributed by atoms with Gasteiger partial charge in [0.2, 0.25) is 0 Å². The Hall–Kier alpha value is -2.44. The number of anilines is 1. The van der Waals surface area contributed by atoms with Gasteiger partial charge in [0.1, 0.15) is 5.82 Å². The van der Waals surface area contributed by atoms with Crippen molar-refractivity contribution >= 4 is 11.4 Å². The fraction of sp³-hybridized carbons (Fsp3) is 0.586. The standard InChI is InChI=1S/C25H38N6.2C2H6/c1-4-19-6-8-21-23(27-10-5-13-30(2)3)17-22(29-24(21)16-19)20-7-9-25(28-18-20)31-14-11-26-12-15-31;2*1-2/h6-9,16-17,22,26-29H,4-5,10-15,18H2,1-3H3;2*1-2H3. The van der Waals surface area contributed by atoms with E-state index in [1.165, 1.54) is 33.9 Å². The minimum Gasteiger partial charge on any atom is -0.385 e. The molecule has 4 rings (SSSR count). The van der Waals surface area contributed by atoms with Crippen LogP contribution in [-0.4, -0.2) is 75.8 Å². The first-order valence-corrected chi connectivity index (χ1v) is 13.7. The summed E-state index contributed by atoms with van der Waals surface area (Å²) in [5.74, 6) is 1.25. The number of hydrogen-bond acceptors (Lipinski definition) is 6. The highest BCUT2D eigenvalue weighted by atomic mass is 15.3. The Morgan fingerprint density at radius 2 is 1.80 bits per heavy atom. The van der Waals surface area contributed by atoms with Crippen molar-refractivity contribution in [1.82, 2.24) is 25.8 Å². The van der Waals surface area contributed by atoms with Crippen LogP contribution in [0.2, 0.25) is 0 Å². The van der Waals surface area contributed by atoms with E-state index in [0.717, 1.165) is 58.7 Å². The van der Waals surface area contributed by atoms with Gasteiger partial charge in [-0.25, -0.2) is 0 Å². The molecule has 3 aliphatic rings. The molecule has 1 saturated heterocycles. The molecule has 35 heavy (non-hydrogen) atoms.